The largest absolute Gasteiger partial charge is 0.502 e. The van der Waals surface area contributed by atoms with Gasteiger partial charge in [-0.05, 0) is 6.07 Å². The molecule has 1 rings (SSSR count). The second kappa shape index (κ2) is 3.05. The average molecular weight is 185 g/mol. The van der Waals surface area contributed by atoms with Crippen LogP contribution in [0.3, 0.4) is 0 Å². The number of nitro benzene ring substituents is 2. The van der Waals surface area contributed by atoms with Crippen molar-refractivity contribution in [3.05, 3.63) is 38.4 Å². The van der Waals surface area contributed by atoms with Gasteiger partial charge in [-0.15, -0.1) is 0 Å². The van der Waals surface area contributed by atoms with Crippen molar-refractivity contribution < 1.29 is 15.0 Å². The van der Waals surface area contributed by atoms with Crippen molar-refractivity contribution in [1.82, 2.24) is 0 Å². The third kappa shape index (κ3) is 1.53. The minimum atomic E-state index is -0.956. The summed E-state index contributed by atoms with van der Waals surface area (Å²) in [5.41, 5.74) is -1.51. The van der Waals surface area contributed by atoms with Crippen LogP contribution in [0.4, 0.5) is 11.4 Å². The topological polar surface area (TPSA) is 107 Å². The summed E-state index contributed by atoms with van der Waals surface area (Å²) in [6.07, 6.45) is 0. The molecule has 7 nitrogen and oxygen atoms in total. The molecular formula is C6H4N2O5. The lowest BCUT2D eigenvalue weighted by atomic mass is 10.2. The van der Waals surface area contributed by atoms with Crippen molar-refractivity contribution >= 4 is 11.4 Å². The van der Waals surface area contributed by atoms with E-state index in [4.69, 9.17) is 1.43 Å². The molecule has 1 N–H and O–H groups in total. The number of nitrogens with zero attached hydrogens (tertiary/aromatic N) is 2. The molecule has 1 aromatic rings. The molecule has 0 radical (unpaired) electrons. The van der Waals surface area contributed by atoms with Gasteiger partial charge in [0.15, 0.2) is 0 Å². The summed E-state index contributed by atoms with van der Waals surface area (Å²) in [6.45, 7) is 0. The van der Waals surface area contributed by atoms with Crippen molar-refractivity contribution in [2.75, 3.05) is 0 Å². The molecule has 1 aromatic carbocycles. The number of hydrogen-bond donors (Lipinski definition) is 1. The summed E-state index contributed by atoms with van der Waals surface area (Å²) < 4.78 is 6.49. The zero-order valence-corrected chi connectivity index (χ0v) is 6.17. The van der Waals surface area contributed by atoms with E-state index in [2.05, 4.69) is 5.11 Å². The Labute approximate surface area is 73.0 Å². The molecule has 0 aliphatic heterocycles. The Morgan fingerprint density at radius 3 is 2.46 bits per heavy atom. The molecule has 0 bridgehead atoms. The number of nitro groups is 2. The van der Waals surface area contributed by atoms with Crippen LogP contribution in [0.15, 0.2) is 18.2 Å². The summed E-state index contributed by atoms with van der Waals surface area (Å²) in [6, 6.07) is 3.29. The van der Waals surface area contributed by atoms with E-state index in [0.29, 0.717) is 0 Å². The Balaban J connectivity index is 3.43. The van der Waals surface area contributed by atoms with Gasteiger partial charge in [-0.2, -0.15) is 0 Å². The van der Waals surface area contributed by atoms with Crippen LogP contribution in [0.1, 0.15) is 0 Å². The molecular weight excluding hydrogens is 180 g/mol. The molecule has 0 saturated heterocycles. The quantitative estimate of drug-likeness (QED) is 0.562. The number of rotatable bonds is 3. The summed E-state index contributed by atoms with van der Waals surface area (Å²) >= 11 is 0. The van der Waals surface area contributed by atoms with Crippen LogP contribution in [0, 0.1) is 20.2 Å². The van der Waals surface area contributed by atoms with Crippen LogP contribution < -0.4 is 0 Å². The normalized spacial score (nSPS) is 10.3. The third-order valence-corrected chi connectivity index (χ3v) is 1.36. The van der Waals surface area contributed by atoms with E-state index in [1.54, 1.807) is 0 Å². The van der Waals surface area contributed by atoms with E-state index < -0.39 is 27.0 Å². The van der Waals surface area contributed by atoms with Crippen molar-refractivity contribution in [3.63, 3.8) is 0 Å². The fourth-order valence-corrected chi connectivity index (χ4v) is 0.842. The standard InChI is InChI=1S/C6H4N2O5/c9-5-3-1-2-4(7(10)11)6(5)8(12)13/h1-3,9H/i/hD. The Kier molecular flexibility index (Phi) is 1.75. The first-order chi connectivity index (χ1) is 6.57. The number of para-hydroxylation sites is 1. The molecule has 13 heavy (non-hydrogen) atoms. The van der Waals surface area contributed by atoms with E-state index >= 15 is 0 Å². The number of aromatic hydroxyl groups is 1. The number of phenolic OH excluding ortho intramolecular Hbond substituents is 1. The third-order valence-electron chi connectivity index (χ3n) is 1.36. The van der Waals surface area contributed by atoms with Gasteiger partial charge in [0.25, 0.3) is 1.43 Å². The van der Waals surface area contributed by atoms with Gasteiger partial charge in [0.05, 0.1) is 9.85 Å². The number of hydrogen-bond acceptors (Lipinski definition) is 5. The Morgan fingerprint density at radius 2 is 2.00 bits per heavy atom. The Bertz CT molecular complexity index is 394. The molecule has 0 fully saturated rings. The van der Waals surface area contributed by atoms with E-state index in [0.717, 1.165) is 12.1 Å². The molecule has 68 valence electrons. The fraction of sp³-hybridized carbons (Fsp3) is 0. The maximum absolute atomic E-state index is 10.4. The summed E-state index contributed by atoms with van der Waals surface area (Å²) in [4.78, 5) is 19.0. The first kappa shape index (κ1) is 7.47. The highest BCUT2D eigenvalue weighted by Gasteiger charge is 2.27. The van der Waals surface area contributed by atoms with Crippen molar-refractivity contribution in [1.29, 1.82) is 1.43 Å². The zero-order chi connectivity index (χ0) is 10.7. The summed E-state index contributed by atoms with van der Waals surface area (Å²) in [5.74, 6) is -0.454. The lowest BCUT2D eigenvalue weighted by Crippen LogP contribution is -1.96. The molecule has 0 atom stereocenters. The predicted molar refractivity (Wildman–Crippen MR) is 41.4 cm³/mol. The average Bonchev–Trinajstić information content (AvgIpc) is 2.16. The number of benzene rings is 1. The summed E-state index contributed by atoms with van der Waals surface area (Å²) in [7, 11) is 0. The second-order valence-corrected chi connectivity index (χ2v) is 2.14. The zero-order valence-electron chi connectivity index (χ0n) is 7.17. The minimum absolute atomic E-state index is 0.454. The maximum atomic E-state index is 10.4. The van der Waals surface area contributed by atoms with Gasteiger partial charge in [0.1, 0.15) is 0 Å². The van der Waals surface area contributed by atoms with Gasteiger partial charge in [-0.25, -0.2) is 0 Å². The summed E-state index contributed by atoms with van der Waals surface area (Å²) in [5, 5.41) is 24.7. The van der Waals surface area contributed by atoms with Crippen molar-refractivity contribution in [2.24, 2.45) is 0 Å². The minimum Gasteiger partial charge on any atom is -0.502 e. The molecule has 0 unspecified atom stereocenters. The van der Waals surface area contributed by atoms with Gasteiger partial charge in [-0.1, -0.05) is 6.07 Å². The van der Waals surface area contributed by atoms with Crippen molar-refractivity contribution in [2.45, 2.75) is 0 Å². The molecule has 0 aliphatic rings. The molecule has 0 aromatic heterocycles. The van der Waals surface area contributed by atoms with E-state index in [9.17, 15) is 20.2 Å². The SMILES string of the molecule is [2H]Oc1cccc([N+](=O)[O-])c1[N+](=O)[O-]. The van der Waals surface area contributed by atoms with Gasteiger partial charge < -0.3 is 5.11 Å². The van der Waals surface area contributed by atoms with Crippen LogP contribution in [-0.4, -0.2) is 16.4 Å². The lowest BCUT2D eigenvalue weighted by molar-refractivity contribution is -0.423. The Morgan fingerprint density at radius 1 is 1.31 bits per heavy atom. The molecule has 7 heteroatoms. The van der Waals surface area contributed by atoms with E-state index in [1.165, 1.54) is 6.07 Å². The monoisotopic (exact) mass is 185 g/mol. The van der Waals surface area contributed by atoms with Gasteiger partial charge >= 0.3 is 11.4 Å². The van der Waals surface area contributed by atoms with Crippen LogP contribution in [0.25, 0.3) is 0 Å². The lowest BCUT2D eigenvalue weighted by Gasteiger charge is -1.95. The first-order valence-corrected chi connectivity index (χ1v) is 3.13. The van der Waals surface area contributed by atoms with Crippen LogP contribution >= 0.6 is 0 Å². The maximum Gasteiger partial charge on any atom is 0.387 e. The van der Waals surface area contributed by atoms with Crippen LogP contribution in [0.2, 0.25) is 0 Å². The van der Waals surface area contributed by atoms with Crippen LogP contribution in [0.5, 0.6) is 5.75 Å². The van der Waals surface area contributed by atoms with Gasteiger partial charge in [0.2, 0.25) is 5.75 Å². The number of phenols is 1. The first-order valence-electron chi connectivity index (χ1n) is 3.53. The molecule has 0 aliphatic carbocycles. The van der Waals surface area contributed by atoms with E-state index in [1.807, 2.05) is 0 Å². The van der Waals surface area contributed by atoms with Gasteiger partial charge in [0, 0.05) is 6.07 Å². The van der Waals surface area contributed by atoms with E-state index in [-0.39, 0.29) is 0 Å². The molecule has 0 amide bonds. The van der Waals surface area contributed by atoms with Crippen LogP contribution in [-0.2, 0) is 0 Å². The molecule has 0 heterocycles. The van der Waals surface area contributed by atoms with Crippen molar-refractivity contribution in [3.8, 4) is 5.75 Å². The highest BCUT2D eigenvalue weighted by Crippen LogP contribution is 2.34. The predicted octanol–water partition coefficient (Wildman–Crippen LogP) is 1.21. The van der Waals surface area contributed by atoms with Gasteiger partial charge in [-0.3, -0.25) is 20.2 Å². The highest BCUT2D eigenvalue weighted by atomic mass is 16.6. The molecule has 0 saturated carbocycles. The molecule has 0 spiro atoms. The highest BCUT2D eigenvalue weighted by molar-refractivity contribution is 5.60. The smallest absolute Gasteiger partial charge is 0.387 e. The second-order valence-electron chi connectivity index (χ2n) is 2.14. The Hall–Kier alpha value is -2.18. The fourth-order valence-electron chi connectivity index (χ4n) is 0.842.